The molecule has 0 spiro atoms. The second-order valence-corrected chi connectivity index (χ2v) is 8.39. The van der Waals surface area contributed by atoms with Crippen LogP contribution in [0.1, 0.15) is 23.5 Å². The Hall–Kier alpha value is -2.71. The van der Waals surface area contributed by atoms with Crippen LogP contribution in [-0.4, -0.2) is 43.7 Å². The summed E-state index contributed by atoms with van der Waals surface area (Å²) in [6.07, 6.45) is 1.95. The molecular formula is C25H27NO5S. The van der Waals surface area contributed by atoms with Crippen molar-refractivity contribution in [3.05, 3.63) is 82.9 Å². The number of fused-ring (bicyclic) bond motifs is 1. The highest BCUT2D eigenvalue weighted by Crippen LogP contribution is 2.38. The predicted octanol–water partition coefficient (Wildman–Crippen LogP) is 3.96. The second kappa shape index (κ2) is 11.2. The molecule has 1 aromatic heterocycles. The van der Waals surface area contributed by atoms with Crippen LogP contribution in [0.5, 0.6) is 0 Å². The van der Waals surface area contributed by atoms with E-state index < -0.39 is 6.29 Å². The highest BCUT2D eigenvalue weighted by Gasteiger charge is 2.30. The summed E-state index contributed by atoms with van der Waals surface area (Å²) in [6, 6.07) is 18.0. The largest absolute Gasteiger partial charge is 0.459 e. The van der Waals surface area contributed by atoms with Crippen LogP contribution in [0.15, 0.2) is 71.8 Å². The number of nitrogens with one attached hydrogen (secondary N) is 1. The lowest BCUT2D eigenvalue weighted by Gasteiger charge is -2.29. The average molecular weight is 454 g/mol. The minimum absolute atomic E-state index is 0.000681. The Kier molecular flexibility index (Phi) is 7.90. The van der Waals surface area contributed by atoms with Gasteiger partial charge in [-0.15, -0.1) is 11.3 Å². The van der Waals surface area contributed by atoms with Crippen LogP contribution in [0.2, 0.25) is 0 Å². The quantitative estimate of drug-likeness (QED) is 0.455. The summed E-state index contributed by atoms with van der Waals surface area (Å²) in [5.41, 5.74) is 2.19. The molecule has 7 heteroatoms. The first-order chi connectivity index (χ1) is 15.7. The molecule has 32 heavy (non-hydrogen) atoms. The molecule has 0 fully saturated rings. The summed E-state index contributed by atoms with van der Waals surface area (Å²) < 4.78 is 18.3. The lowest BCUT2D eigenvalue weighted by atomic mass is 9.92. The van der Waals surface area contributed by atoms with Crippen molar-refractivity contribution in [2.45, 2.75) is 25.2 Å². The molecule has 0 saturated carbocycles. The van der Waals surface area contributed by atoms with E-state index in [0.29, 0.717) is 26.2 Å². The van der Waals surface area contributed by atoms with E-state index in [1.54, 1.807) is 11.3 Å². The standard InChI is InChI=1S/C25H27NO5S/c27-10-11-29-12-13-30-24-15-19(21-17-32-23-9-5-4-8-20(21)23)14-22(31-24)25(28)26-16-18-6-2-1-3-7-18/h1-9,14,17,19,24,27H,10-13,15-16H2,(H,26,28)/t19-,24+/m1/s1. The van der Waals surface area contributed by atoms with Gasteiger partial charge in [-0.25, -0.2) is 0 Å². The van der Waals surface area contributed by atoms with Gasteiger partial charge >= 0.3 is 0 Å². The van der Waals surface area contributed by atoms with Gasteiger partial charge < -0.3 is 24.6 Å². The monoisotopic (exact) mass is 453 g/mol. The fourth-order valence-corrected chi connectivity index (χ4v) is 4.72. The number of thiophene rings is 1. The van der Waals surface area contributed by atoms with E-state index in [1.807, 2.05) is 48.5 Å². The summed E-state index contributed by atoms with van der Waals surface area (Å²) >= 11 is 1.70. The number of hydrogen-bond acceptors (Lipinski definition) is 6. The van der Waals surface area contributed by atoms with Gasteiger partial charge in [-0.2, -0.15) is 0 Å². The van der Waals surface area contributed by atoms with Crippen molar-refractivity contribution in [2.24, 2.45) is 0 Å². The molecule has 4 rings (SSSR count). The molecule has 2 heterocycles. The van der Waals surface area contributed by atoms with Gasteiger partial charge in [0.1, 0.15) is 0 Å². The fraction of sp³-hybridized carbons (Fsp3) is 0.320. The Labute approximate surface area is 191 Å². The van der Waals surface area contributed by atoms with Gasteiger partial charge in [0.05, 0.1) is 26.4 Å². The Morgan fingerprint density at radius 3 is 2.75 bits per heavy atom. The average Bonchev–Trinajstić information content (AvgIpc) is 3.27. The van der Waals surface area contributed by atoms with E-state index >= 15 is 0 Å². The third kappa shape index (κ3) is 5.75. The fourth-order valence-electron chi connectivity index (χ4n) is 3.69. The topological polar surface area (TPSA) is 77.0 Å². The smallest absolute Gasteiger partial charge is 0.286 e. The highest BCUT2D eigenvalue weighted by molar-refractivity contribution is 7.17. The van der Waals surface area contributed by atoms with Crippen molar-refractivity contribution in [1.29, 1.82) is 0 Å². The Morgan fingerprint density at radius 2 is 1.91 bits per heavy atom. The van der Waals surface area contributed by atoms with Crippen molar-refractivity contribution in [3.63, 3.8) is 0 Å². The number of carbonyl (C=O) groups is 1. The summed E-state index contributed by atoms with van der Waals surface area (Å²) in [6.45, 7) is 1.34. The predicted molar refractivity (Wildman–Crippen MR) is 124 cm³/mol. The van der Waals surface area contributed by atoms with Crippen LogP contribution in [0, 0.1) is 0 Å². The van der Waals surface area contributed by atoms with Crippen molar-refractivity contribution < 1.29 is 24.1 Å². The number of amides is 1. The van der Waals surface area contributed by atoms with Crippen LogP contribution in [0.25, 0.3) is 10.1 Å². The first-order valence-corrected chi connectivity index (χ1v) is 11.6. The number of aliphatic hydroxyl groups is 1. The van der Waals surface area contributed by atoms with Crippen molar-refractivity contribution >= 4 is 27.3 Å². The van der Waals surface area contributed by atoms with Gasteiger partial charge in [-0.1, -0.05) is 48.5 Å². The maximum absolute atomic E-state index is 12.9. The van der Waals surface area contributed by atoms with Crippen LogP contribution in [-0.2, 0) is 25.5 Å². The normalized spacial score (nSPS) is 18.2. The Morgan fingerprint density at radius 1 is 1.09 bits per heavy atom. The number of rotatable bonds is 10. The van der Waals surface area contributed by atoms with E-state index in [9.17, 15) is 4.79 Å². The van der Waals surface area contributed by atoms with E-state index in [2.05, 4.69) is 22.8 Å². The minimum atomic E-state index is -0.557. The molecule has 6 nitrogen and oxygen atoms in total. The number of aliphatic hydroxyl groups excluding tert-OH is 1. The first kappa shape index (κ1) is 22.5. The lowest BCUT2D eigenvalue weighted by molar-refractivity contribution is -0.151. The van der Waals surface area contributed by atoms with Gasteiger partial charge in [0.2, 0.25) is 6.29 Å². The van der Waals surface area contributed by atoms with E-state index in [1.165, 1.54) is 15.6 Å². The number of ether oxygens (including phenoxy) is 3. The second-order valence-electron chi connectivity index (χ2n) is 7.48. The van der Waals surface area contributed by atoms with Crippen molar-refractivity contribution in [2.75, 3.05) is 26.4 Å². The highest BCUT2D eigenvalue weighted by atomic mass is 32.1. The molecule has 2 atom stereocenters. The van der Waals surface area contributed by atoms with Gasteiger partial charge in [-0.3, -0.25) is 4.79 Å². The molecule has 168 valence electrons. The summed E-state index contributed by atoms with van der Waals surface area (Å²) in [5.74, 6) is 0.0118. The molecule has 2 aromatic carbocycles. The number of carbonyl (C=O) groups excluding carboxylic acids is 1. The maximum Gasteiger partial charge on any atom is 0.286 e. The molecular weight excluding hydrogens is 426 g/mol. The molecule has 1 aliphatic rings. The van der Waals surface area contributed by atoms with Gasteiger partial charge in [-0.05, 0) is 34.0 Å². The first-order valence-electron chi connectivity index (χ1n) is 10.7. The molecule has 0 unspecified atom stereocenters. The van der Waals surface area contributed by atoms with Crippen molar-refractivity contribution in [1.82, 2.24) is 5.32 Å². The maximum atomic E-state index is 12.9. The molecule has 0 bridgehead atoms. The van der Waals surface area contributed by atoms with Crippen LogP contribution >= 0.6 is 11.3 Å². The van der Waals surface area contributed by atoms with E-state index in [-0.39, 0.29) is 30.8 Å². The zero-order chi connectivity index (χ0) is 22.2. The SMILES string of the molecule is O=C(NCc1ccccc1)C1=C[C@@H](c2csc3ccccc23)C[C@@H](OCCOCCO)O1. The molecule has 1 aliphatic heterocycles. The molecule has 1 amide bonds. The third-order valence-electron chi connectivity index (χ3n) is 5.25. The zero-order valence-electron chi connectivity index (χ0n) is 17.7. The van der Waals surface area contributed by atoms with E-state index in [0.717, 1.165) is 5.56 Å². The Bertz CT molecular complexity index is 1050. The molecule has 0 radical (unpaired) electrons. The van der Waals surface area contributed by atoms with Crippen LogP contribution in [0.4, 0.5) is 0 Å². The van der Waals surface area contributed by atoms with Crippen LogP contribution in [0.3, 0.4) is 0 Å². The number of hydrogen-bond donors (Lipinski definition) is 2. The Balaban J connectivity index is 1.49. The molecule has 0 saturated heterocycles. The third-order valence-corrected chi connectivity index (χ3v) is 6.24. The van der Waals surface area contributed by atoms with Gasteiger partial charge in [0.25, 0.3) is 5.91 Å². The zero-order valence-corrected chi connectivity index (χ0v) is 18.6. The molecule has 2 N–H and O–H groups in total. The summed E-state index contributed by atoms with van der Waals surface area (Å²) in [5, 5.41) is 15.1. The molecule has 3 aromatic rings. The summed E-state index contributed by atoms with van der Waals surface area (Å²) in [4.78, 5) is 12.9. The van der Waals surface area contributed by atoms with Gasteiger partial charge in [0.15, 0.2) is 5.76 Å². The number of allylic oxidation sites excluding steroid dienone is 1. The number of benzene rings is 2. The van der Waals surface area contributed by atoms with Gasteiger partial charge in [0, 0.05) is 23.6 Å². The minimum Gasteiger partial charge on any atom is -0.459 e. The van der Waals surface area contributed by atoms with Crippen LogP contribution < -0.4 is 5.32 Å². The van der Waals surface area contributed by atoms with Crippen molar-refractivity contribution in [3.8, 4) is 0 Å². The summed E-state index contributed by atoms with van der Waals surface area (Å²) in [7, 11) is 0. The molecule has 0 aliphatic carbocycles. The lowest BCUT2D eigenvalue weighted by Crippen LogP contribution is -2.33. The van der Waals surface area contributed by atoms with E-state index in [4.69, 9.17) is 19.3 Å².